The zero-order valence-electron chi connectivity index (χ0n) is 11.0. The number of ether oxygens (including phenoxy) is 1. The summed E-state index contributed by atoms with van der Waals surface area (Å²) < 4.78 is 4.96. The highest BCUT2D eigenvalue weighted by Gasteiger charge is 2.18. The van der Waals surface area contributed by atoms with E-state index < -0.39 is 5.97 Å². The van der Waals surface area contributed by atoms with Crippen LogP contribution in [0, 0.1) is 5.92 Å². The van der Waals surface area contributed by atoms with Crippen LogP contribution in [0.25, 0.3) is 0 Å². The van der Waals surface area contributed by atoms with Gasteiger partial charge in [0.15, 0.2) is 0 Å². The Kier molecular flexibility index (Phi) is 4.90. The van der Waals surface area contributed by atoms with Crippen LogP contribution in [-0.4, -0.2) is 35.6 Å². The Morgan fingerprint density at radius 1 is 1.68 bits per heavy atom. The van der Waals surface area contributed by atoms with Gasteiger partial charge in [0.05, 0.1) is 17.9 Å². The SMILES string of the molecule is CCOC(=O)c1ccnc(NCC2CCSC2)c1N. The van der Waals surface area contributed by atoms with Crippen LogP contribution in [0.1, 0.15) is 23.7 Å². The van der Waals surface area contributed by atoms with E-state index in [1.165, 1.54) is 17.9 Å². The van der Waals surface area contributed by atoms with Crippen molar-refractivity contribution in [2.24, 2.45) is 5.92 Å². The van der Waals surface area contributed by atoms with E-state index >= 15 is 0 Å². The van der Waals surface area contributed by atoms with E-state index in [0.29, 0.717) is 29.6 Å². The molecule has 104 valence electrons. The maximum absolute atomic E-state index is 11.7. The van der Waals surface area contributed by atoms with Crippen LogP contribution in [0.4, 0.5) is 11.5 Å². The fourth-order valence-corrected chi connectivity index (χ4v) is 3.27. The lowest BCUT2D eigenvalue weighted by molar-refractivity contribution is 0.0527. The molecule has 1 aliphatic heterocycles. The molecule has 6 heteroatoms. The summed E-state index contributed by atoms with van der Waals surface area (Å²) in [5.74, 6) is 3.21. The van der Waals surface area contributed by atoms with Gasteiger partial charge >= 0.3 is 5.97 Å². The number of pyridine rings is 1. The van der Waals surface area contributed by atoms with E-state index in [9.17, 15) is 4.79 Å². The van der Waals surface area contributed by atoms with Crippen LogP contribution in [0.15, 0.2) is 12.3 Å². The third-order valence-corrected chi connectivity index (χ3v) is 4.30. The molecule has 0 aliphatic carbocycles. The summed E-state index contributed by atoms with van der Waals surface area (Å²) in [7, 11) is 0. The van der Waals surface area contributed by atoms with Crippen molar-refractivity contribution < 1.29 is 9.53 Å². The highest BCUT2D eigenvalue weighted by atomic mass is 32.2. The highest BCUT2D eigenvalue weighted by molar-refractivity contribution is 7.99. The fourth-order valence-electron chi connectivity index (χ4n) is 1.99. The lowest BCUT2D eigenvalue weighted by Gasteiger charge is -2.13. The van der Waals surface area contributed by atoms with Crippen LogP contribution in [0.5, 0.6) is 0 Å². The Balaban J connectivity index is 2.03. The summed E-state index contributed by atoms with van der Waals surface area (Å²) >= 11 is 1.97. The third kappa shape index (κ3) is 3.53. The molecule has 0 amide bonds. The Morgan fingerprint density at radius 3 is 3.21 bits per heavy atom. The second kappa shape index (κ2) is 6.65. The molecular weight excluding hydrogens is 262 g/mol. The van der Waals surface area contributed by atoms with Crippen molar-refractivity contribution in [2.75, 3.05) is 35.7 Å². The summed E-state index contributed by atoms with van der Waals surface area (Å²) in [4.78, 5) is 15.9. The average molecular weight is 281 g/mol. The van der Waals surface area contributed by atoms with Crippen LogP contribution in [0.3, 0.4) is 0 Å². The molecule has 1 atom stereocenters. The van der Waals surface area contributed by atoms with Gasteiger partial charge in [-0.05, 0) is 36.8 Å². The van der Waals surface area contributed by atoms with Crippen molar-refractivity contribution in [1.29, 1.82) is 0 Å². The first kappa shape index (κ1) is 14.0. The van der Waals surface area contributed by atoms with Gasteiger partial charge in [0, 0.05) is 12.7 Å². The molecule has 1 aromatic rings. The first-order chi connectivity index (χ1) is 9.22. The van der Waals surface area contributed by atoms with Crippen LogP contribution >= 0.6 is 11.8 Å². The number of nitrogens with two attached hydrogens (primary N) is 1. The Morgan fingerprint density at radius 2 is 2.53 bits per heavy atom. The van der Waals surface area contributed by atoms with Gasteiger partial charge in [0.25, 0.3) is 0 Å². The molecule has 0 spiro atoms. The molecule has 0 radical (unpaired) electrons. The highest BCUT2D eigenvalue weighted by Crippen LogP contribution is 2.25. The second-order valence-electron chi connectivity index (χ2n) is 4.45. The number of carbonyl (C=O) groups is 1. The number of nitrogens with zero attached hydrogens (tertiary/aromatic N) is 1. The molecule has 1 aliphatic rings. The molecule has 1 unspecified atom stereocenters. The zero-order chi connectivity index (χ0) is 13.7. The summed E-state index contributed by atoms with van der Waals surface area (Å²) in [5.41, 5.74) is 6.71. The van der Waals surface area contributed by atoms with Gasteiger partial charge < -0.3 is 15.8 Å². The van der Waals surface area contributed by atoms with Gasteiger partial charge in [-0.25, -0.2) is 9.78 Å². The molecule has 3 N–H and O–H groups in total. The quantitative estimate of drug-likeness (QED) is 0.804. The number of hydrogen-bond donors (Lipinski definition) is 2. The Labute approximate surface area is 117 Å². The smallest absolute Gasteiger partial charge is 0.340 e. The van der Waals surface area contributed by atoms with Gasteiger partial charge in [-0.2, -0.15) is 11.8 Å². The third-order valence-electron chi connectivity index (χ3n) is 3.07. The standard InChI is InChI=1S/C13H19N3O2S/c1-2-18-13(17)10-3-5-15-12(11(10)14)16-7-9-4-6-19-8-9/h3,5,9H,2,4,6-8,14H2,1H3,(H,15,16). The topological polar surface area (TPSA) is 77.2 Å². The maximum atomic E-state index is 11.7. The number of hydrogen-bond acceptors (Lipinski definition) is 6. The molecule has 0 saturated carbocycles. The van der Waals surface area contributed by atoms with E-state index in [1.807, 2.05) is 11.8 Å². The van der Waals surface area contributed by atoms with Crippen molar-refractivity contribution in [3.63, 3.8) is 0 Å². The van der Waals surface area contributed by atoms with E-state index in [1.54, 1.807) is 19.2 Å². The molecule has 2 heterocycles. The summed E-state index contributed by atoms with van der Waals surface area (Å²) in [6.07, 6.45) is 2.80. The summed E-state index contributed by atoms with van der Waals surface area (Å²) in [6, 6.07) is 1.59. The molecular formula is C13H19N3O2S. The number of rotatable bonds is 5. The largest absolute Gasteiger partial charge is 0.462 e. The Hall–Kier alpha value is -1.43. The minimum atomic E-state index is -0.401. The van der Waals surface area contributed by atoms with Crippen molar-refractivity contribution in [3.8, 4) is 0 Å². The molecule has 5 nitrogen and oxygen atoms in total. The van der Waals surface area contributed by atoms with E-state index in [4.69, 9.17) is 10.5 Å². The van der Waals surface area contributed by atoms with Crippen molar-refractivity contribution in [1.82, 2.24) is 4.98 Å². The molecule has 1 fully saturated rings. The van der Waals surface area contributed by atoms with Gasteiger partial charge in [0.1, 0.15) is 5.82 Å². The summed E-state index contributed by atoms with van der Waals surface area (Å²) in [6.45, 7) is 2.95. The van der Waals surface area contributed by atoms with E-state index in [-0.39, 0.29) is 0 Å². The number of thioether (sulfide) groups is 1. The number of anilines is 2. The molecule has 1 aromatic heterocycles. The number of aromatic nitrogens is 1. The lowest BCUT2D eigenvalue weighted by atomic mass is 10.1. The fraction of sp³-hybridized carbons (Fsp3) is 0.538. The minimum absolute atomic E-state index is 0.336. The zero-order valence-corrected chi connectivity index (χ0v) is 11.8. The summed E-state index contributed by atoms with van der Waals surface area (Å²) in [5, 5.41) is 3.24. The van der Waals surface area contributed by atoms with E-state index in [2.05, 4.69) is 10.3 Å². The minimum Gasteiger partial charge on any atom is -0.462 e. The maximum Gasteiger partial charge on any atom is 0.340 e. The monoisotopic (exact) mass is 281 g/mol. The number of nitrogens with one attached hydrogen (secondary N) is 1. The normalized spacial score (nSPS) is 18.3. The number of carbonyl (C=O) groups excluding carboxylic acids is 1. The number of esters is 1. The predicted octanol–water partition coefficient (Wildman–Crippen LogP) is 2.01. The first-order valence-electron chi connectivity index (χ1n) is 6.45. The second-order valence-corrected chi connectivity index (χ2v) is 5.60. The van der Waals surface area contributed by atoms with Crippen molar-refractivity contribution in [2.45, 2.75) is 13.3 Å². The number of nitrogen functional groups attached to an aromatic ring is 1. The van der Waals surface area contributed by atoms with Gasteiger partial charge in [-0.3, -0.25) is 0 Å². The Bertz CT molecular complexity index is 448. The van der Waals surface area contributed by atoms with Crippen molar-refractivity contribution >= 4 is 29.2 Å². The molecule has 0 bridgehead atoms. The first-order valence-corrected chi connectivity index (χ1v) is 7.61. The molecule has 19 heavy (non-hydrogen) atoms. The van der Waals surface area contributed by atoms with Crippen molar-refractivity contribution in [3.05, 3.63) is 17.8 Å². The van der Waals surface area contributed by atoms with Gasteiger partial charge in [-0.15, -0.1) is 0 Å². The van der Waals surface area contributed by atoms with Crippen LogP contribution in [0.2, 0.25) is 0 Å². The van der Waals surface area contributed by atoms with Crippen LogP contribution < -0.4 is 11.1 Å². The van der Waals surface area contributed by atoms with Crippen LogP contribution in [-0.2, 0) is 4.74 Å². The molecule has 0 aromatic carbocycles. The molecule has 2 rings (SSSR count). The van der Waals surface area contributed by atoms with Gasteiger partial charge in [-0.1, -0.05) is 0 Å². The lowest BCUT2D eigenvalue weighted by Crippen LogP contribution is -2.17. The molecule has 1 saturated heterocycles. The predicted molar refractivity (Wildman–Crippen MR) is 78.5 cm³/mol. The van der Waals surface area contributed by atoms with Gasteiger partial charge in [0.2, 0.25) is 0 Å². The average Bonchev–Trinajstić information content (AvgIpc) is 2.91. The van der Waals surface area contributed by atoms with E-state index in [0.717, 1.165) is 6.54 Å².